The molecule has 8 nitrogen and oxygen atoms in total. The SMILES string of the molecule is CC(C)(C)OC(=O)N1CCC[C@@H]1C(=O)NCc1cccc(NS(C)(=O)=O)c1. The molecule has 0 spiro atoms. The van der Waals surface area contributed by atoms with Crippen molar-refractivity contribution in [3.63, 3.8) is 0 Å². The molecule has 150 valence electrons. The number of ether oxygens (including phenoxy) is 1. The summed E-state index contributed by atoms with van der Waals surface area (Å²) in [5.74, 6) is -0.250. The van der Waals surface area contributed by atoms with Crippen molar-refractivity contribution in [2.24, 2.45) is 0 Å². The molecule has 0 aromatic heterocycles. The minimum Gasteiger partial charge on any atom is -0.444 e. The van der Waals surface area contributed by atoms with Crippen LogP contribution >= 0.6 is 0 Å². The van der Waals surface area contributed by atoms with Crippen LogP contribution in [0.3, 0.4) is 0 Å². The predicted molar refractivity (Wildman–Crippen MR) is 103 cm³/mol. The van der Waals surface area contributed by atoms with Crippen LogP contribution in [0.2, 0.25) is 0 Å². The zero-order valence-electron chi connectivity index (χ0n) is 16.1. The molecule has 0 radical (unpaired) electrons. The lowest BCUT2D eigenvalue weighted by Crippen LogP contribution is -2.47. The van der Waals surface area contributed by atoms with Gasteiger partial charge in [0.25, 0.3) is 0 Å². The van der Waals surface area contributed by atoms with Crippen molar-refractivity contribution in [3.8, 4) is 0 Å². The standard InChI is InChI=1S/C18H27N3O5S/c1-18(2,3)26-17(23)21-10-6-9-15(21)16(22)19-12-13-7-5-8-14(11-13)20-27(4,24)25/h5,7-8,11,15,20H,6,9-10,12H2,1-4H3,(H,19,22)/t15-/m1/s1. The van der Waals surface area contributed by atoms with E-state index in [4.69, 9.17) is 4.74 Å². The third kappa shape index (κ3) is 6.74. The van der Waals surface area contributed by atoms with E-state index in [0.717, 1.165) is 18.2 Å². The average Bonchev–Trinajstić information content (AvgIpc) is 2.99. The van der Waals surface area contributed by atoms with Gasteiger partial charge in [-0.2, -0.15) is 0 Å². The van der Waals surface area contributed by atoms with Crippen LogP contribution in [0, 0.1) is 0 Å². The summed E-state index contributed by atoms with van der Waals surface area (Å²) in [6.45, 7) is 6.08. The highest BCUT2D eigenvalue weighted by molar-refractivity contribution is 7.92. The lowest BCUT2D eigenvalue weighted by atomic mass is 10.1. The summed E-state index contributed by atoms with van der Waals surface area (Å²) in [6.07, 6.45) is 1.91. The maximum atomic E-state index is 12.5. The second-order valence-electron chi connectivity index (χ2n) is 7.62. The maximum Gasteiger partial charge on any atom is 0.410 e. The van der Waals surface area contributed by atoms with Crippen LogP contribution < -0.4 is 10.0 Å². The van der Waals surface area contributed by atoms with Crippen molar-refractivity contribution in [3.05, 3.63) is 29.8 Å². The van der Waals surface area contributed by atoms with E-state index in [1.54, 1.807) is 45.0 Å². The second-order valence-corrected chi connectivity index (χ2v) is 9.37. The summed E-state index contributed by atoms with van der Waals surface area (Å²) in [6, 6.07) is 6.22. The van der Waals surface area contributed by atoms with E-state index in [0.29, 0.717) is 18.7 Å². The summed E-state index contributed by atoms with van der Waals surface area (Å²) in [4.78, 5) is 26.3. The van der Waals surface area contributed by atoms with Crippen molar-refractivity contribution in [2.75, 3.05) is 17.5 Å². The number of amides is 2. The van der Waals surface area contributed by atoms with E-state index >= 15 is 0 Å². The van der Waals surface area contributed by atoms with Crippen molar-refractivity contribution in [1.29, 1.82) is 0 Å². The summed E-state index contributed by atoms with van der Waals surface area (Å²) in [7, 11) is -3.37. The number of nitrogens with one attached hydrogen (secondary N) is 2. The number of nitrogens with zero attached hydrogens (tertiary/aromatic N) is 1. The van der Waals surface area contributed by atoms with Gasteiger partial charge >= 0.3 is 6.09 Å². The molecule has 0 saturated carbocycles. The first-order valence-corrected chi connectivity index (χ1v) is 10.7. The zero-order chi connectivity index (χ0) is 20.2. The van der Waals surface area contributed by atoms with E-state index in [1.807, 2.05) is 0 Å². The van der Waals surface area contributed by atoms with Crippen molar-refractivity contribution in [2.45, 2.75) is 51.8 Å². The number of sulfonamides is 1. The van der Waals surface area contributed by atoms with E-state index in [-0.39, 0.29) is 12.5 Å². The monoisotopic (exact) mass is 397 g/mol. The van der Waals surface area contributed by atoms with Crippen LogP contribution in [0.4, 0.5) is 10.5 Å². The molecular weight excluding hydrogens is 370 g/mol. The van der Waals surface area contributed by atoms with E-state index < -0.39 is 27.8 Å². The Hall–Kier alpha value is -2.29. The quantitative estimate of drug-likeness (QED) is 0.791. The molecule has 2 N–H and O–H groups in total. The predicted octanol–water partition coefficient (Wildman–Crippen LogP) is 2.07. The van der Waals surface area contributed by atoms with Crippen LogP contribution in [0.5, 0.6) is 0 Å². The molecule has 1 saturated heterocycles. The average molecular weight is 397 g/mol. The molecule has 0 aliphatic carbocycles. The Morgan fingerprint density at radius 1 is 1.30 bits per heavy atom. The molecule has 0 bridgehead atoms. The fourth-order valence-electron chi connectivity index (χ4n) is 2.84. The number of likely N-dealkylation sites (tertiary alicyclic amines) is 1. The molecule has 27 heavy (non-hydrogen) atoms. The van der Waals surface area contributed by atoms with Gasteiger partial charge in [0.2, 0.25) is 15.9 Å². The van der Waals surface area contributed by atoms with Crippen LogP contribution in [-0.2, 0) is 26.1 Å². The van der Waals surface area contributed by atoms with Crippen molar-refractivity contribution < 1.29 is 22.7 Å². The molecular formula is C18H27N3O5S. The van der Waals surface area contributed by atoms with Crippen LogP contribution in [0.25, 0.3) is 0 Å². The van der Waals surface area contributed by atoms with Gasteiger partial charge in [0, 0.05) is 18.8 Å². The Kier molecular flexibility index (Phi) is 6.35. The van der Waals surface area contributed by atoms with Crippen molar-refractivity contribution in [1.82, 2.24) is 10.2 Å². The molecule has 1 aliphatic rings. The van der Waals surface area contributed by atoms with Crippen molar-refractivity contribution >= 4 is 27.7 Å². The molecule has 1 aromatic rings. The first kappa shape index (κ1) is 21.0. The fraction of sp³-hybridized carbons (Fsp3) is 0.556. The lowest BCUT2D eigenvalue weighted by molar-refractivity contribution is -0.125. The molecule has 1 aliphatic heterocycles. The fourth-order valence-corrected chi connectivity index (χ4v) is 3.40. The summed E-state index contributed by atoms with van der Waals surface area (Å²) in [5.41, 5.74) is 0.563. The Morgan fingerprint density at radius 3 is 2.63 bits per heavy atom. The number of benzene rings is 1. The molecule has 0 unspecified atom stereocenters. The Bertz CT molecular complexity index is 801. The number of carbonyl (C=O) groups is 2. The van der Waals surface area contributed by atoms with Gasteiger partial charge in [-0.3, -0.25) is 14.4 Å². The van der Waals surface area contributed by atoms with E-state index in [1.165, 1.54) is 4.90 Å². The highest BCUT2D eigenvalue weighted by Gasteiger charge is 2.36. The number of hydrogen-bond donors (Lipinski definition) is 2. The Balaban J connectivity index is 1.97. The van der Waals surface area contributed by atoms with Gasteiger partial charge in [-0.05, 0) is 51.3 Å². The maximum absolute atomic E-state index is 12.5. The van der Waals surface area contributed by atoms with Crippen LogP contribution in [0.1, 0.15) is 39.2 Å². The summed E-state index contributed by atoms with van der Waals surface area (Å²) < 4.78 is 30.4. The molecule has 1 heterocycles. The number of anilines is 1. The normalized spacial score (nSPS) is 17.5. The molecule has 1 atom stereocenters. The van der Waals surface area contributed by atoms with Gasteiger partial charge < -0.3 is 10.1 Å². The number of carbonyl (C=O) groups excluding carboxylic acids is 2. The second kappa shape index (κ2) is 8.16. The Morgan fingerprint density at radius 2 is 2.00 bits per heavy atom. The van der Waals surface area contributed by atoms with Gasteiger partial charge in [-0.25, -0.2) is 13.2 Å². The molecule has 1 fully saturated rings. The highest BCUT2D eigenvalue weighted by Crippen LogP contribution is 2.21. The molecule has 2 amide bonds. The summed E-state index contributed by atoms with van der Waals surface area (Å²) >= 11 is 0. The first-order valence-electron chi connectivity index (χ1n) is 8.79. The van der Waals surface area contributed by atoms with E-state index in [2.05, 4.69) is 10.0 Å². The molecule has 9 heteroatoms. The first-order chi connectivity index (χ1) is 12.4. The van der Waals surface area contributed by atoms with Gasteiger partial charge in [0.1, 0.15) is 11.6 Å². The number of rotatable bonds is 5. The molecule has 2 rings (SSSR count). The third-order valence-corrected chi connectivity index (χ3v) is 4.49. The smallest absolute Gasteiger partial charge is 0.410 e. The topological polar surface area (TPSA) is 105 Å². The van der Waals surface area contributed by atoms with Gasteiger partial charge in [-0.15, -0.1) is 0 Å². The largest absolute Gasteiger partial charge is 0.444 e. The van der Waals surface area contributed by atoms with Gasteiger partial charge in [0.05, 0.1) is 6.26 Å². The Labute approximate surface area is 160 Å². The molecule has 1 aromatic carbocycles. The lowest BCUT2D eigenvalue weighted by Gasteiger charge is -2.28. The van der Waals surface area contributed by atoms with Crippen LogP contribution in [-0.4, -0.2) is 49.8 Å². The third-order valence-electron chi connectivity index (χ3n) is 3.88. The highest BCUT2D eigenvalue weighted by atomic mass is 32.2. The van der Waals surface area contributed by atoms with Gasteiger partial charge in [-0.1, -0.05) is 12.1 Å². The zero-order valence-corrected chi connectivity index (χ0v) is 16.9. The van der Waals surface area contributed by atoms with Gasteiger partial charge in [0.15, 0.2) is 0 Å². The summed E-state index contributed by atoms with van der Waals surface area (Å²) in [5, 5.41) is 2.81. The minimum atomic E-state index is -3.37. The number of hydrogen-bond acceptors (Lipinski definition) is 5. The van der Waals surface area contributed by atoms with Crippen LogP contribution in [0.15, 0.2) is 24.3 Å². The minimum absolute atomic E-state index is 0.233. The van der Waals surface area contributed by atoms with E-state index in [9.17, 15) is 18.0 Å².